The molecule has 6 heteroatoms. The molecular formula is C22H26N2O4. The first-order valence-electron chi connectivity index (χ1n) is 9.12. The van der Waals surface area contributed by atoms with Crippen molar-refractivity contribution in [2.45, 2.75) is 25.7 Å². The molecule has 0 saturated heterocycles. The number of fused-ring (bicyclic) bond motifs is 1. The number of ether oxygens (including phenoxy) is 4. The molecule has 0 amide bonds. The Morgan fingerprint density at radius 2 is 1.43 bits per heavy atom. The minimum absolute atomic E-state index is 0.495. The van der Waals surface area contributed by atoms with Crippen molar-refractivity contribution in [3.8, 4) is 23.0 Å². The maximum atomic E-state index is 5.58. The summed E-state index contributed by atoms with van der Waals surface area (Å²) in [5, 5.41) is 8.76. The monoisotopic (exact) mass is 382 g/mol. The lowest BCUT2D eigenvalue weighted by Gasteiger charge is -2.35. The third-order valence-electron chi connectivity index (χ3n) is 5.44. The summed E-state index contributed by atoms with van der Waals surface area (Å²) in [4.78, 5) is 0. The Bertz CT molecular complexity index is 936. The van der Waals surface area contributed by atoms with Crippen LogP contribution in [-0.2, 0) is 5.41 Å². The maximum absolute atomic E-state index is 5.58. The Hall–Kier alpha value is -3.02. The summed E-state index contributed by atoms with van der Waals surface area (Å²) in [7, 11) is 6.53. The van der Waals surface area contributed by atoms with Crippen LogP contribution in [0.1, 0.15) is 37.0 Å². The molecule has 0 saturated carbocycles. The maximum Gasteiger partial charge on any atom is 0.161 e. The molecule has 2 aromatic rings. The Morgan fingerprint density at radius 3 is 2.04 bits per heavy atom. The first kappa shape index (κ1) is 19.7. The van der Waals surface area contributed by atoms with E-state index in [9.17, 15) is 0 Å². The molecule has 2 aromatic carbocycles. The highest BCUT2D eigenvalue weighted by atomic mass is 16.5. The van der Waals surface area contributed by atoms with Crippen LogP contribution in [0.15, 0.2) is 40.5 Å². The lowest BCUT2D eigenvalue weighted by atomic mass is 9.68. The number of rotatable bonds is 6. The molecule has 0 aromatic heterocycles. The highest BCUT2D eigenvalue weighted by Crippen LogP contribution is 2.45. The van der Waals surface area contributed by atoms with Crippen molar-refractivity contribution < 1.29 is 18.9 Å². The van der Waals surface area contributed by atoms with Gasteiger partial charge in [0.05, 0.1) is 45.8 Å². The molecule has 1 atom stereocenters. The zero-order valence-corrected chi connectivity index (χ0v) is 17.2. The summed E-state index contributed by atoms with van der Waals surface area (Å²) in [5.41, 5.74) is 3.44. The van der Waals surface area contributed by atoms with Gasteiger partial charge in [0.2, 0.25) is 0 Å². The second-order valence-corrected chi connectivity index (χ2v) is 6.55. The predicted octanol–water partition coefficient (Wildman–Crippen LogP) is 4.23. The van der Waals surface area contributed by atoms with Gasteiger partial charge in [-0.1, -0.05) is 13.0 Å². The molecule has 1 aliphatic rings. The lowest BCUT2D eigenvalue weighted by Crippen LogP contribution is -2.35. The van der Waals surface area contributed by atoms with Gasteiger partial charge >= 0.3 is 0 Å². The van der Waals surface area contributed by atoms with Gasteiger partial charge in [0.1, 0.15) is 0 Å². The first-order valence-corrected chi connectivity index (χ1v) is 9.12. The van der Waals surface area contributed by atoms with Gasteiger partial charge in [0.25, 0.3) is 0 Å². The summed E-state index contributed by atoms with van der Waals surface area (Å²) >= 11 is 0. The smallest absolute Gasteiger partial charge is 0.161 e. The number of hydrogen-bond acceptors (Lipinski definition) is 6. The molecule has 0 N–H and O–H groups in total. The van der Waals surface area contributed by atoms with E-state index in [-0.39, 0.29) is 0 Å². The third-order valence-corrected chi connectivity index (χ3v) is 5.44. The molecule has 1 unspecified atom stereocenters. The summed E-state index contributed by atoms with van der Waals surface area (Å²) in [6.45, 7) is 4.14. The zero-order valence-electron chi connectivity index (χ0n) is 17.2. The van der Waals surface area contributed by atoms with Crippen molar-refractivity contribution in [2.75, 3.05) is 28.4 Å². The molecule has 28 heavy (non-hydrogen) atoms. The fraction of sp³-hybridized carbons (Fsp3) is 0.364. The minimum Gasteiger partial charge on any atom is -0.493 e. The molecule has 0 aliphatic carbocycles. The summed E-state index contributed by atoms with van der Waals surface area (Å²) in [6.07, 6.45) is 2.54. The minimum atomic E-state index is -0.495. The number of hydrogen-bond donors (Lipinski definition) is 0. The molecule has 1 aliphatic heterocycles. The Kier molecular flexibility index (Phi) is 5.58. The van der Waals surface area contributed by atoms with Gasteiger partial charge < -0.3 is 18.9 Å². The third kappa shape index (κ3) is 2.99. The summed E-state index contributed by atoms with van der Waals surface area (Å²) in [5.74, 6) is 2.68. The lowest BCUT2D eigenvalue weighted by molar-refractivity contribution is 0.353. The normalized spacial score (nSPS) is 18.0. The summed E-state index contributed by atoms with van der Waals surface area (Å²) < 4.78 is 22.0. The first-order chi connectivity index (χ1) is 13.5. The van der Waals surface area contributed by atoms with Gasteiger partial charge in [-0.2, -0.15) is 10.2 Å². The van der Waals surface area contributed by atoms with Gasteiger partial charge in [-0.25, -0.2) is 0 Å². The molecule has 0 spiro atoms. The second-order valence-electron chi connectivity index (χ2n) is 6.55. The van der Waals surface area contributed by atoms with Crippen molar-refractivity contribution in [3.63, 3.8) is 0 Å². The molecule has 148 valence electrons. The van der Waals surface area contributed by atoms with Gasteiger partial charge in [-0.05, 0) is 48.7 Å². The van der Waals surface area contributed by atoms with E-state index in [4.69, 9.17) is 18.9 Å². The second kappa shape index (κ2) is 7.92. The van der Waals surface area contributed by atoms with E-state index in [0.717, 1.165) is 28.8 Å². The van der Waals surface area contributed by atoms with Crippen LogP contribution in [0, 0.1) is 0 Å². The topological polar surface area (TPSA) is 61.6 Å². The van der Waals surface area contributed by atoms with E-state index in [1.807, 2.05) is 31.2 Å². The largest absolute Gasteiger partial charge is 0.493 e. The zero-order chi connectivity index (χ0) is 20.3. The molecule has 6 nitrogen and oxygen atoms in total. The van der Waals surface area contributed by atoms with Crippen LogP contribution in [0.25, 0.3) is 0 Å². The summed E-state index contributed by atoms with van der Waals surface area (Å²) in [6, 6.07) is 9.94. The predicted molar refractivity (Wildman–Crippen MR) is 111 cm³/mol. The molecule has 0 bridgehead atoms. The van der Waals surface area contributed by atoms with Gasteiger partial charge in [0.15, 0.2) is 23.0 Å². The molecular weight excluding hydrogens is 356 g/mol. The number of nitrogens with zero attached hydrogens (tertiary/aromatic N) is 2. The fourth-order valence-electron chi connectivity index (χ4n) is 3.95. The van der Waals surface area contributed by atoms with Crippen LogP contribution in [0.4, 0.5) is 0 Å². The molecule has 0 radical (unpaired) electrons. The molecule has 3 rings (SSSR count). The van der Waals surface area contributed by atoms with E-state index in [2.05, 4.69) is 23.2 Å². The van der Waals surface area contributed by atoms with Crippen LogP contribution in [0.2, 0.25) is 0 Å². The van der Waals surface area contributed by atoms with Gasteiger partial charge in [0, 0.05) is 5.56 Å². The molecule has 0 fully saturated rings. The van der Waals surface area contributed by atoms with Crippen molar-refractivity contribution in [1.29, 1.82) is 0 Å². The van der Waals surface area contributed by atoms with Crippen molar-refractivity contribution in [2.24, 2.45) is 10.2 Å². The average Bonchev–Trinajstić information content (AvgIpc) is 2.87. The van der Waals surface area contributed by atoms with Crippen molar-refractivity contribution >= 4 is 11.9 Å². The van der Waals surface area contributed by atoms with Crippen molar-refractivity contribution in [3.05, 3.63) is 47.0 Å². The van der Waals surface area contributed by atoms with E-state index in [1.54, 1.807) is 34.7 Å². The van der Waals surface area contributed by atoms with Gasteiger partial charge in [-0.15, -0.1) is 0 Å². The fourth-order valence-corrected chi connectivity index (χ4v) is 3.95. The van der Waals surface area contributed by atoms with Crippen LogP contribution in [0.3, 0.4) is 0 Å². The Labute approximate surface area is 165 Å². The number of methoxy groups -OCH3 is 4. The Balaban J connectivity index is 2.34. The van der Waals surface area contributed by atoms with Gasteiger partial charge in [-0.3, -0.25) is 0 Å². The van der Waals surface area contributed by atoms with E-state index >= 15 is 0 Å². The van der Waals surface area contributed by atoms with Crippen LogP contribution in [-0.4, -0.2) is 40.4 Å². The SMILES string of the molecule is CCC1(c2ccc(OC)c(OC)c2)C(C)=NN=Cc2cc(OC)c(OC)cc21. The van der Waals surface area contributed by atoms with E-state index in [1.165, 1.54) is 0 Å². The van der Waals surface area contributed by atoms with Crippen LogP contribution >= 0.6 is 0 Å². The van der Waals surface area contributed by atoms with E-state index in [0.29, 0.717) is 23.0 Å². The van der Waals surface area contributed by atoms with Crippen LogP contribution < -0.4 is 18.9 Å². The van der Waals surface area contributed by atoms with Crippen molar-refractivity contribution in [1.82, 2.24) is 0 Å². The average molecular weight is 382 g/mol. The quantitative estimate of drug-likeness (QED) is 0.750. The Morgan fingerprint density at radius 1 is 0.821 bits per heavy atom. The highest BCUT2D eigenvalue weighted by Gasteiger charge is 2.40. The standard InChI is InChI=1S/C22H26N2O4/c1-7-22(16-8-9-18(25-3)20(11-16)27-5)14(2)24-23-13-15-10-19(26-4)21(28-6)12-17(15)22/h8-13H,7H2,1-6H3. The number of benzene rings is 2. The van der Waals surface area contributed by atoms with E-state index < -0.39 is 5.41 Å². The van der Waals surface area contributed by atoms with Crippen LogP contribution in [0.5, 0.6) is 23.0 Å². The molecule has 1 heterocycles. The highest BCUT2D eigenvalue weighted by molar-refractivity contribution is 6.01.